The van der Waals surface area contributed by atoms with Gasteiger partial charge in [-0.15, -0.1) is 11.3 Å². The number of aromatic nitrogens is 2. The molecular weight excluding hydrogens is 286 g/mol. The van der Waals surface area contributed by atoms with E-state index in [1.54, 1.807) is 11.3 Å². The lowest BCUT2D eigenvalue weighted by molar-refractivity contribution is -0.0219. The summed E-state index contributed by atoms with van der Waals surface area (Å²) < 4.78 is 5.55. The van der Waals surface area contributed by atoms with Gasteiger partial charge in [-0.05, 0) is 31.7 Å². The number of ether oxygens (including phenoxy) is 1. The van der Waals surface area contributed by atoms with Gasteiger partial charge in [0.2, 0.25) is 0 Å². The second kappa shape index (κ2) is 5.19. The van der Waals surface area contributed by atoms with Crippen LogP contribution in [0.5, 0.6) is 0 Å². The van der Waals surface area contributed by atoms with Crippen molar-refractivity contribution in [2.24, 2.45) is 0 Å². The van der Waals surface area contributed by atoms with Crippen LogP contribution in [0.4, 0.5) is 0 Å². The normalized spacial score (nSPS) is 22.8. The van der Waals surface area contributed by atoms with Crippen LogP contribution in [0.25, 0.3) is 10.2 Å². The minimum absolute atomic E-state index is 0.0377. The van der Waals surface area contributed by atoms with E-state index in [1.807, 2.05) is 0 Å². The number of morpholine rings is 1. The fourth-order valence-electron chi connectivity index (χ4n) is 3.37. The van der Waals surface area contributed by atoms with Crippen LogP contribution in [0.15, 0.2) is 4.79 Å². The van der Waals surface area contributed by atoms with Gasteiger partial charge in [0.1, 0.15) is 10.7 Å². The first-order valence-electron chi connectivity index (χ1n) is 7.58. The van der Waals surface area contributed by atoms with E-state index in [4.69, 9.17) is 9.72 Å². The highest BCUT2D eigenvalue weighted by molar-refractivity contribution is 7.18. The minimum atomic E-state index is 0.0377. The molecule has 2 aromatic rings. The third-order valence-electron chi connectivity index (χ3n) is 4.32. The van der Waals surface area contributed by atoms with E-state index in [2.05, 4.69) is 16.8 Å². The largest absolute Gasteiger partial charge is 0.376 e. The second-order valence-corrected chi connectivity index (χ2v) is 7.05. The maximum atomic E-state index is 12.4. The quantitative estimate of drug-likeness (QED) is 0.917. The summed E-state index contributed by atoms with van der Waals surface area (Å²) in [6, 6.07) is 0. The molecule has 21 heavy (non-hydrogen) atoms. The van der Waals surface area contributed by atoms with Crippen LogP contribution in [0.1, 0.15) is 29.6 Å². The van der Waals surface area contributed by atoms with Crippen LogP contribution in [-0.4, -0.2) is 40.7 Å². The second-order valence-electron chi connectivity index (χ2n) is 5.97. The Bertz CT molecular complexity index is 736. The first-order valence-corrected chi connectivity index (χ1v) is 8.40. The predicted octanol–water partition coefficient (Wildman–Crippen LogP) is 1.69. The molecular formula is C15H19N3O2S. The van der Waals surface area contributed by atoms with Crippen molar-refractivity contribution in [2.45, 2.75) is 38.8 Å². The van der Waals surface area contributed by atoms with Crippen molar-refractivity contribution in [3.63, 3.8) is 0 Å². The molecule has 1 aliphatic carbocycles. The van der Waals surface area contributed by atoms with Crippen molar-refractivity contribution < 1.29 is 4.74 Å². The summed E-state index contributed by atoms with van der Waals surface area (Å²) in [7, 11) is 0. The molecule has 0 bridgehead atoms. The van der Waals surface area contributed by atoms with Crippen molar-refractivity contribution in [2.75, 3.05) is 19.7 Å². The molecule has 0 saturated carbocycles. The monoisotopic (exact) mass is 305 g/mol. The number of nitrogens with one attached hydrogen (secondary N) is 1. The Labute approximate surface area is 127 Å². The molecule has 2 aliphatic rings. The molecule has 0 spiro atoms. The number of hydrogen-bond donors (Lipinski definition) is 1. The summed E-state index contributed by atoms with van der Waals surface area (Å²) >= 11 is 1.70. The van der Waals surface area contributed by atoms with Gasteiger partial charge in [0.25, 0.3) is 5.56 Å². The minimum Gasteiger partial charge on any atom is -0.376 e. The predicted molar refractivity (Wildman–Crippen MR) is 83.0 cm³/mol. The Morgan fingerprint density at radius 2 is 2.38 bits per heavy atom. The number of aromatic amines is 1. The van der Waals surface area contributed by atoms with Gasteiger partial charge >= 0.3 is 0 Å². The molecule has 1 unspecified atom stereocenters. The lowest BCUT2D eigenvalue weighted by atomic mass is 10.2. The van der Waals surface area contributed by atoms with Gasteiger partial charge in [-0.1, -0.05) is 0 Å². The van der Waals surface area contributed by atoms with E-state index in [9.17, 15) is 4.79 Å². The highest BCUT2D eigenvalue weighted by Gasteiger charge is 2.22. The third kappa shape index (κ3) is 2.41. The fraction of sp³-hybridized carbons (Fsp3) is 0.600. The molecule has 4 rings (SSSR count). The van der Waals surface area contributed by atoms with Gasteiger partial charge in [0, 0.05) is 18.0 Å². The van der Waals surface area contributed by atoms with E-state index >= 15 is 0 Å². The molecule has 3 heterocycles. The van der Waals surface area contributed by atoms with E-state index in [0.717, 1.165) is 48.6 Å². The smallest absolute Gasteiger partial charge is 0.259 e. The van der Waals surface area contributed by atoms with Crippen LogP contribution in [0.2, 0.25) is 0 Å². The molecule has 6 heteroatoms. The van der Waals surface area contributed by atoms with E-state index in [-0.39, 0.29) is 11.7 Å². The molecule has 5 nitrogen and oxygen atoms in total. The van der Waals surface area contributed by atoms with Gasteiger partial charge in [-0.3, -0.25) is 9.69 Å². The van der Waals surface area contributed by atoms with Crippen molar-refractivity contribution in [1.82, 2.24) is 14.9 Å². The molecule has 1 fully saturated rings. The topological polar surface area (TPSA) is 58.2 Å². The number of fused-ring (bicyclic) bond motifs is 3. The van der Waals surface area contributed by atoms with E-state index in [1.165, 1.54) is 16.9 Å². The summed E-state index contributed by atoms with van der Waals surface area (Å²) in [5.74, 6) is 0.779. The van der Waals surface area contributed by atoms with Gasteiger partial charge in [-0.2, -0.15) is 0 Å². The van der Waals surface area contributed by atoms with Crippen LogP contribution in [0, 0.1) is 0 Å². The first kappa shape index (κ1) is 13.4. The summed E-state index contributed by atoms with van der Waals surface area (Å²) in [5.41, 5.74) is 1.28. The summed E-state index contributed by atoms with van der Waals surface area (Å²) in [6.45, 7) is 5.31. The molecule has 1 aliphatic heterocycles. The van der Waals surface area contributed by atoms with Gasteiger partial charge in [0.05, 0.1) is 24.6 Å². The SMILES string of the molecule is CC1CN(Cc2nc3sc4c(c3c(=O)[nH]2)CCC4)CCO1. The number of hydrogen-bond acceptors (Lipinski definition) is 5. The maximum absolute atomic E-state index is 12.4. The maximum Gasteiger partial charge on any atom is 0.259 e. The average molecular weight is 305 g/mol. The average Bonchev–Trinajstić information content (AvgIpc) is 2.98. The number of thiophene rings is 1. The number of rotatable bonds is 2. The van der Waals surface area contributed by atoms with Gasteiger partial charge in [0.15, 0.2) is 0 Å². The summed E-state index contributed by atoms with van der Waals surface area (Å²) in [6.07, 6.45) is 3.55. The highest BCUT2D eigenvalue weighted by Crippen LogP contribution is 2.34. The summed E-state index contributed by atoms with van der Waals surface area (Å²) in [5, 5.41) is 0.839. The van der Waals surface area contributed by atoms with E-state index in [0.29, 0.717) is 6.54 Å². The number of H-pyrrole nitrogens is 1. The zero-order valence-corrected chi connectivity index (χ0v) is 13.0. The highest BCUT2D eigenvalue weighted by atomic mass is 32.1. The van der Waals surface area contributed by atoms with Crippen molar-refractivity contribution in [3.8, 4) is 0 Å². The number of nitrogens with zero attached hydrogens (tertiary/aromatic N) is 2. The van der Waals surface area contributed by atoms with Gasteiger partial charge < -0.3 is 9.72 Å². The Hall–Kier alpha value is -1.24. The lowest BCUT2D eigenvalue weighted by Crippen LogP contribution is -2.41. The van der Waals surface area contributed by atoms with Crippen molar-refractivity contribution in [1.29, 1.82) is 0 Å². The van der Waals surface area contributed by atoms with Crippen LogP contribution in [-0.2, 0) is 24.1 Å². The fourth-order valence-corrected chi connectivity index (χ4v) is 4.65. The lowest BCUT2D eigenvalue weighted by Gasteiger charge is -2.30. The molecule has 112 valence electrons. The molecule has 0 amide bonds. The third-order valence-corrected chi connectivity index (χ3v) is 5.51. The molecule has 1 atom stereocenters. The van der Waals surface area contributed by atoms with Crippen molar-refractivity contribution >= 4 is 21.6 Å². The molecule has 1 saturated heterocycles. The molecule has 0 aromatic carbocycles. The summed E-state index contributed by atoms with van der Waals surface area (Å²) in [4.78, 5) is 24.6. The standard InChI is InChI=1S/C15H19N3O2S/c1-9-7-18(5-6-20-9)8-12-16-14(19)13-10-3-2-4-11(10)21-15(13)17-12/h9H,2-8H2,1H3,(H,16,17,19). The van der Waals surface area contributed by atoms with Crippen LogP contribution >= 0.6 is 11.3 Å². The van der Waals surface area contributed by atoms with Crippen LogP contribution in [0.3, 0.4) is 0 Å². The molecule has 1 N–H and O–H groups in total. The molecule has 2 aromatic heterocycles. The zero-order valence-electron chi connectivity index (χ0n) is 12.1. The zero-order chi connectivity index (χ0) is 14.4. The van der Waals surface area contributed by atoms with E-state index < -0.39 is 0 Å². The Morgan fingerprint density at radius 1 is 1.48 bits per heavy atom. The van der Waals surface area contributed by atoms with Crippen molar-refractivity contribution in [3.05, 3.63) is 26.6 Å². The number of aryl methyl sites for hydroxylation is 2. The van der Waals surface area contributed by atoms with Gasteiger partial charge in [-0.25, -0.2) is 4.98 Å². The Kier molecular flexibility index (Phi) is 3.32. The first-order chi connectivity index (χ1) is 10.2. The van der Waals surface area contributed by atoms with Crippen LogP contribution < -0.4 is 5.56 Å². The Balaban J connectivity index is 1.66. The molecule has 0 radical (unpaired) electrons. The Morgan fingerprint density at radius 3 is 3.24 bits per heavy atom.